The molecule has 3 fully saturated rings. The van der Waals surface area contributed by atoms with Gasteiger partial charge in [0, 0.05) is 25.7 Å². The Morgan fingerprint density at radius 1 is 1.17 bits per heavy atom. The summed E-state index contributed by atoms with van der Waals surface area (Å²) in [7, 11) is 0. The van der Waals surface area contributed by atoms with Crippen molar-refractivity contribution in [2.75, 3.05) is 26.2 Å². The number of nitrogens with zero attached hydrogens (tertiary/aromatic N) is 2. The molecule has 3 aliphatic rings. The van der Waals surface area contributed by atoms with Crippen molar-refractivity contribution in [1.82, 2.24) is 15.1 Å². The summed E-state index contributed by atoms with van der Waals surface area (Å²) in [6.45, 7) is 2.53. The quantitative estimate of drug-likeness (QED) is 0.763. The summed E-state index contributed by atoms with van der Waals surface area (Å²) in [5.41, 5.74) is 0. The largest absolute Gasteiger partial charge is 0.330 e. The normalized spacial score (nSPS) is 28.6. The van der Waals surface area contributed by atoms with E-state index in [0.29, 0.717) is 12.6 Å². The number of amides is 2. The maximum atomic E-state index is 12.3. The van der Waals surface area contributed by atoms with Crippen LogP contribution in [0.1, 0.15) is 32.1 Å². The number of rotatable bonds is 4. The van der Waals surface area contributed by atoms with Crippen LogP contribution < -0.4 is 5.32 Å². The molecule has 1 N–H and O–H groups in total. The number of carbonyl (C=O) groups excluding carboxylic acids is 2. The minimum absolute atomic E-state index is 0.130. The van der Waals surface area contributed by atoms with Gasteiger partial charge >= 0.3 is 0 Å². The Bertz CT molecular complexity index is 354. The van der Waals surface area contributed by atoms with Gasteiger partial charge in [0.25, 0.3) is 0 Å². The van der Waals surface area contributed by atoms with Crippen molar-refractivity contribution < 1.29 is 9.59 Å². The molecule has 1 aliphatic carbocycles. The van der Waals surface area contributed by atoms with Crippen LogP contribution in [0.25, 0.3) is 0 Å². The van der Waals surface area contributed by atoms with Gasteiger partial charge in [0.1, 0.15) is 6.04 Å². The monoisotopic (exact) mass is 251 g/mol. The van der Waals surface area contributed by atoms with Gasteiger partial charge in [-0.15, -0.1) is 0 Å². The summed E-state index contributed by atoms with van der Waals surface area (Å²) < 4.78 is 0. The molecule has 100 valence electrons. The Hall–Kier alpha value is -1.10. The topological polar surface area (TPSA) is 52.7 Å². The van der Waals surface area contributed by atoms with Gasteiger partial charge in [-0.1, -0.05) is 0 Å². The fourth-order valence-corrected chi connectivity index (χ4v) is 2.91. The van der Waals surface area contributed by atoms with Crippen molar-refractivity contribution in [2.24, 2.45) is 0 Å². The zero-order valence-corrected chi connectivity index (χ0v) is 10.7. The first-order valence-corrected chi connectivity index (χ1v) is 7.07. The van der Waals surface area contributed by atoms with Crippen LogP contribution in [0.3, 0.4) is 0 Å². The molecule has 0 spiro atoms. The van der Waals surface area contributed by atoms with Crippen LogP contribution in [0, 0.1) is 0 Å². The molecule has 1 saturated carbocycles. The summed E-state index contributed by atoms with van der Waals surface area (Å²) in [5, 5.41) is 3.39. The van der Waals surface area contributed by atoms with E-state index in [2.05, 4.69) is 5.32 Å². The van der Waals surface area contributed by atoms with E-state index in [0.717, 1.165) is 32.4 Å². The zero-order chi connectivity index (χ0) is 12.5. The summed E-state index contributed by atoms with van der Waals surface area (Å²) in [4.78, 5) is 27.8. The summed E-state index contributed by atoms with van der Waals surface area (Å²) in [5.74, 6) is 0.289. The SMILES string of the molecule is O=C1C2CCCCN2C(=O)CN1CCNC1CC1. The van der Waals surface area contributed by atoms with Crippen LogP contribution in [0.5, 0.6) is 0 Å². The number of hydrogen-bond donors (Lipinski definition) is 1. The lowest BCUT2D eigenvalue weighted by Gasteiger charge is -2.42. The third-order valence-corrected chi connectivity index (χ3v) is 4.14. The molecule has 2 heterocycles. The predicted octanol–water partition coefficient (Wildman–Crippen LogP) is -0.0383. The van der Waals surface area contributed by atoms with Crippen molar-refractivity contribution >= 4 is 11.8 Å². The van der Waals surface area contributed by atoms with Crippen molar-refractivity contribution in [3.8, 4) is 0 Å². The van der Waals surface area contributed by atoms with Crippen molar-refractivity contribution in [3.63, 3.8) is 0 Å². The highest BCUT2D eigenvalue weighted by atomic mass is 16.2. The molecule has 5 nitrogen and oxygen atoms in total. The van der Waals surface area contributed by atoms with Crippen molar-refractivity contribution in [1.29, 1.82) is 0 Å². The van der Waals surface area contributed by atoms with Crippen molar-refractivity contribution in [3.05, 3.63) is 0 Å². The third kappa shape index (κ3) is 2.36. The molecule has 0 aromatic rings. The number of carbonyl (C=O) groups is 2. The number of piperidine rings is 1. The second-order valence-corrected chi connectivity index (χ2v) is 5.59. The lowest BCUT2D eigenvalue weighted by Crippen LogP contribution is -2.61. The Morgan fingerprint density at radius 2 is 2.00 bits per heavy atom. The van der Waals surface area contributed by atoms with Gasteiger partial charge in [0.2, 0.25) is 11.8 Å². The summed E-state index contributed by atoms with van der Waals surface area (Å²) >= 11 is 0. The fourth-order valence-electron chi connectivity index (χ4n) is 2.91. The number of fused-ring (bicyclic) bond motifs is 1. The maximum absolute atomic E-state index is 12.3. The second kappa shape index (κ2) is 4.88. The number of nitrogens with one attached hydrogen (secondary N) is 1. The molecule has 2 aliphatic heterocycles. The Kier molecular flexibility index (Phi) is 3.24. The average molecular weight is 251 g/mol. The molecule has 3 rings (SSSR count). The van der Waals surface area contributed by atoms with Gasteiger partial charge in [-0.3, -0.25) is 9.59 Å². The van der Waals surface area contributed by atoms with E-state index in [1.165, 1.54) is 12.8 Å². The first-order chi connectivity index (χ1) is 8.75. The van der Waals surface area contributed by atoms with E-state index in [4.69, 9.17) is 0 Å². The minimum Gasteiger partial charge on any atom is -0.330 e. The fraction of sp³-hybridized carbons (Fsp3) is 0.846. The maximum Gasteiger partial charge on any atom is 0.245 e. The predicted molar refractivity (Wildman–Crippen MR) is 67.0 cm³/mol. The van der Waals surface area contributed by atoms with Crippen LogP contribution in [-0.4, -0.2) is 59.9 Å². The van der Waals surface area contributed by atoms with E-state index in [-0.39, 0.29) is 24.4 Å². The number of piperazine rings is 1. The third-order valence-electron chi connectivity index (χ3n) is 4.14. The molecule has 0 aromatic carbocycles. The van der Waals surface area contributed by atoms with Crippen LogP contribution in [0.4, 0.5) is 0 Å². The van der Waals surface area contributed by atoms with Crippen molar-refractivity contribution in [2.45, 2.75) is 44.2 Å². The van der Waals surface area contributed by atoms with Crippen LogP contribution >= 0.6 is 0 Å². The van der Waals surface area contributed by atoms with Gasteiger partial charge in [-0.2, -0.15) is 0 Å². The highest BCUT2D eigenvalue weighted by molar-refractivity contribution is 5.95. The lowest BCUT2D eigenvalue weighted by atomic mass is 9.98. The van der Waals surface area contributed by atoms with E-state index >= 15 is 0 Å². The second-order valence-electron chi connectivity index (χ2n) is 5.59. The van der Waals surface area contributed by atoms with Crippen LogP contribution in [0.2, 0.25) is 0 Å². The Labute approximate surface area is 107 Å². The average Bonchev–Trinajstić information content (AvgIpc) is 3.19. The molecular formula is C13H21N3O2. The standard InChI is InChI=1S/C13H21N3O2/c17-12-9-15(8-6-14-10-4-5-10)13(18)11-3-1-2-7-16(11)12/h10-11,14H,1-9H2. The van der Waals surface area contributed by atoms with E-state index < -0.39 is 0 Å². The molecular weight excluding hydrogens is 230 g/mol. The van der Waals surface area contributed by atoms with E-state index in [9.17, 15) is 9.59 Å². The molecule has 5 heteroatoms. The van der Waals surface area contributed by atoms with Crippen LogP contribution in [-0.2, 0) is 9.59 Å². The van der Waals surface area contributed by atoms with Gasteiger partial charge in [-0.05, 0) is 32.1 Å². The summed E-state index contributed by atoms with van der Waals surface area (Å²) in [6.07, 6.45) is 5.46. The van der Waals surface area contributed by atoms with Gasteiger partial charge in [-0.25, -0.2) is 0 Å². The van der Waals surface area contributed by atoms with E-state index in [1.54, 1.807) is 9.80 Å². The van der Waals surface area contributed by atoms with Gasteiger partial charge in [0.15, 0.2) is 0 Å². The minimum atomic E-state index is -0.166. The Balaban J connectivity index is 1.57. The zero-order valence-electron chi connectivity index (χ0n) is 10.7. The first kappa shape index (κ1) is 12.0. The lowest BCUT2D eigenvalue weighted by molar-refractivity contribution is -0.157. The molecule has 2 saturated heterocycles. The highest BCUT2D eigenvalue weighted by Gasteiger charge is 2.40. The molecule has 1 unspecified atom stereocenters. The molecule has 0 radical (unpaired) electrons. The molecule has 2 amide bonds. The first-order valence-electron chi connectivity index (χ1n) is 7.07. The van der Waals surface area contributed by atoms with Crippen LogP contribution in [0.15, 0.2) is 0 Å². The smallest absolute Gasteiger partial charge is 0.245 e. The Morgan fingerprint density at radius 3 is 2.78 bits per heavy atom. The molecule has 0 bridgehead atoms. The molecule has 18 heavy (non-hydrogen) atoms. The highest BCUT2D eigenvalue weighted by Crippen LogP contribution is 2.23. The van der Waals surface area contributed by atoms with Gasteiger partial charge < -0.3 is 15.1 Å². The van der Waals surface area contributed by atoms with E-state index in [1.807, 2.05) is 0 Å². The van der Waals surface area contributed by atoms with Gasteiger partial charge in [0.05, 0.1) is 6.54 Å². The summed E-state index contributed by atoms with van der Waals surface area (Å²) in [6, 6.07) is 0.493. The molecule has 1 atom stereocenters. The molecule has 0 aromatic heterocycles. The number of hydrogen-bond acceptors (Lipinski definition) is 3.